The van der Waals surface area contributed by atoms with Gasteiger partial charge >= 0.3 is 0 Å². The van der Waals surface area contributed by atoms with E-state index >= 15 is 0 Å². The molecule has 0 saturated carbocycles. The molecule has 0 aromatic heterocycles. The summed E-state index contributed by atoms with van der Waals surface area (Å²) < 4.78 is 0. The van der Waals surface area contributed by atoms with Gasteiger partial charge in [0.2, 0.25) is 0 Å². The predicted octanol–water partition coefficient (Wildman–Crippen LogP) is 1.29. The maximum absolute atomic E-state index is 9.92. The minimum atomic E-state index is -0.653. The number of hydrogen-bond donors (Lipinski definition) is 0. The molecular weight excluding hydrogens is 142 g/mol. The van der Waals surface area contributed by atoms with Crippen LogP contribution >= 0.6 is 11.6 Å². The lowest BCUT2D eigenvalue weighted by molar-refractivity contribution is -0.105. The zero-order valence-corrected chi connectivity index (χ0v) is 5.63. The van der Waals surface area contributed by atoms with Crippen molar-refractivity contribution < 1.29 is 9.63 Å². The molecule has 0 aliphatic rings. The third-order valence-corrected chi connectivity index (χ3v) is 0.510. The van der Waals surface area contributed by atoms with Gasteiger partial charge in [0.25, 0.3) is 5.24 Å². The average Bonchev–Trinajstić information content (AvgIpc) is 1.80. The molecule has 0 fully saturated rings. The number of halogens is 1. The van der Waals surface area contributed by atoms with Gasteiger partial charge in [-0.3, -0.25) is 4.79 Å². The smallest absolute Gasteiger partial charge is 0.266 e. The summed E-state index contributed by atoms with van der Waals surface area (Å²) in [4.78, 5) is 14.3. The fourth-order valence-corrected chi connectivity index (χ4v) is 0.208. The number of carbonyl (C=O) groups is 1. The van der Waals surface area contributed by atoms with Crippen LogP contribution in [0.1, 0.15) is 6.92 Å². The van der Waals surface area contributed by atoms with E-state index in [0.29, 0.717) is 0 Å². The van der Waals surface area contributed by atoms with Gasteiger partial charge in [-0.2, -0.15) is 0 Å². The van der Waals surface area contributed by atoms with Crippen LogP contribution in [-0.4, -0.2) is 11.5 Å². The first kappa shape index (κ1) is 8.17. The fraction of sp³-hybridized carbons (Fsp3) is 0.200. The summed E-state index contributed by atoms with van der Waals surface area (Å²) in [6.07, 6.45) is 3.84. The topological polar surface area (TPSA) is 38.7 Å². The number of carbonyl (C=O) groups excluding carboxylic acids is 1. The second kappa shape index (κ2) is 5.31. The lowest BCUT2D eigenvalue weighted by Gasteiger charge is -1.81. The first-order valence-corrected chi connectivity index (χ1v) is 2.65. The van der Waals surface area contributed by atoms with Gasteiger partial charge in [-0.15, -0.1) is 0 Å². The van der Waals surface area contributed by atoms with E-state index in [1.165, 1.54) is 6.26 Å². The van der Waals surface area contributed by atoms with Crippen LogP contribution in [-0.2, 0) is 9.63 Å². The highest BCUT2D eigenvalue weighted by molar-refractivity contribution is 6.77. The zero-order chi connectivity index (χ0) is 7.11. The predicted molar refractivity (Wildman–Crippen MR) is 35.3 cm³/mol. The molecule has 0 heterocycles. The normalized spacial score (nSPS) is 10.9. The molecule has 9 heavy (non-hydrogen) atoms. The minimum Gasteiger partial charge on any atom is -0.365 e. The van der Waals surface area contributed by atoms with E-state index in [4.69, 9.17) is 11.6 Å². The zero-order valence-electron chi connectivity index (χ0n) is 4.87. The number of nitrogens with zero attached hydrogens (tertiary/aromatic N) is 1. The largest absolute Gasteiger partial charge is 0.365 e. The Labute approximate surface area is 57.9 Å². The van der Waals surface area contributed by atoms with E-state index in [-0.39, 0.29) is 0 Å². The Morgan fingerprint density at radius 3 is 2.89 bits per heavy atom. The average molecular weight is 148 g/mol. The van der Waals surface area contributed by atoms with Crippen LogP contribution in [0.4, 0.5) is 0 Å². The molecule has 0 unspecified atom stereocenters. The molecule has 0 radical (unpaired) electrons. The first-order valence-electron chi connectivity index (χ1n) is 2.27. The molecular formula is C5H6ClNO2. The van der Waals surface area contributed by atoms with Gasteiger partial charge in [0.05, 0.1) is 0 Å². The van der Waals surface area contributed by atoms with Crippen LogP contribution in [0, 0.1) is 0 Å². The second-order valence-corrected chi connectivity index (χ2v) is 1.49. The SMILES string of the molecule is CC=CON=CC(=O)Cl. The molecule has 3 nitrogen and oxygen atoms in total. The molecule has 0 atom stereocenters. The van der Waals surface area contributed by atoms with E-state index in [9.17, 15) is 4.79 Å². The fourth-order valence-electron chi connectivity index (χ4n) is 0.168. The Hall–Kier alpha value is -0.830. The van der Waals surface area contributed by atoms with Crippen molar-refractivity contribution in [3.8, 4) is 0 Å². The maximum Gasteiger partial charge on any atom is 0.266 e. The molecule has 0 saturated heterocycles. The van der Waals surface area contributed by atoms with Crippen LogP contribution < -0.4 is 0 Å². The molecule has 0 bridgehead atoms. The number of oxime groups is 1. The number of rotatable bonds is 3. The highest BCUT2D eigenvalue weighted by atomic mass is 35.5. The summed E-state index contributed by atoms with van der Waals surface area (Å²) in [7, 11) is 0. The highest BCUT2D eigenvalue weighted by Gasteiger charge is 1.83. The molecule has 0 aliphatic carbocycles. The Bertz CT molecular complexity index is 142. The van der Waals surface area contributed by atoms with Gasteiger partial charge < -0.3 is 4.84 Å². The number of hydrogen-bond acceptors (Lipinski definition) is 3. The Kier molecular flexibility index (Phi) is 4.82. The van der Waals surface area contributed by atoms with Crippen molar-refractivity contribution in [1.82, 2.24) is 0 Å². The standard InChI is InChI=1S/C5H6ClNO2/c1-2-3-9-7-4-5(6)8/h2-4H,1H3. The van der Waals surface area contributed by atoms with Gasteiger partial charge in [0.15, 0.2) is 0 Å². The van der Waals surface area contributed by atoms with Gasteiger partial charge in [-0.25, -0.2) is 0 Å². The van der Waals surface area contributed by atoms with Crippen molar-refractivity contribution in [3.63, 3.8) is 0 Å². The van der Waals surface area contributed by atoms with Gasteiger partial charge in [0.1, 0.15) is 12.5 Å². The first-order chi connectivity index (χ1) is 4.27. The van der Waals surface area contributed by atoms with Gasteiger partial charge in [-0.1, -0.05) is 5.16 Å². The summed E-state index contributed by atoms with van der Waals surface area (Å²) in [5.74, 6) is 0. The van der Waals surface area contributed by atoms with Crippen molar-refractivity contribution in [2.75, 3.05) is 0 Å². The second-order valence-electron chi connectivity index (χ2n) is 1.11. The Morgan fingerprint density at radius 1 is 1.78 bits per heavy atom. The molecule has 0 aromatic rings. The van der Waals surface area contributed by atoms with E-state index in [0.717, 1.165) is 6.21 Å². The van der Waals surface area contributed by atoms with Crippen molar-refractivity contribution in [2.24, 2.45) is 5.16 Å². The van der Waals surface area contributed by atoms with Crippen LogP contribution in [0.2, 0.25) is 0 Å². The van der Waals surface area contributed by atoms with Gasteiger partial charge in [-0.05, 0) is 24.6 Å². The van der Waals surface area contributed by atoms with Crippen molar-refractivity contribution in [2.45, 2.75) is 6.92 Å². The molecule has 0 aromatic carbocycles. The van der Waals surface area contributed by atoms with E-state index in [1.807, 2.05) is 0 Å². The van der Waals surface area contributed by atoms with Crippen molar-refractivity contribution in [3.05, 3.63) is 12.3 Å². The summed E-state index contributed by atoms with van der Waals surface area (Å²) in [6, 6.07) is 0. The quantitative estimate of drug-likeness (QED) is 0.261. The molecule has 0 amide bonds. The third-order valence-electron chi connectivity index (χ3n) is 0.412. The highest BCUT2D eigenvalue weighted by Crippen LogP contribution is 1.78. The molecule has 0 N–H and O–H groups in total. The third kappa shape index (κ3) is 7.17. The maximum atomic E-state index is 9.92. The van der Waals surface area contributed by atoms with Crippen LogP contribution in [0.25, 0.3) is 0 Å². The Balaban J connectivity index is 3.36. The molecule has 4 heteroatoms. The summed E-state index contributed by atoms with van der Waals surface area (Å²) in [5, 5.41) is 2.51. The van der Waals surface area contributed by atoms with Crippen LogP contribution in [0.3, 0.4) is 0 Å². The molecule has 0 rings (SSSR count). The Morgan fingerprint density at radius 2 is 2.44 bits per heavy atom. The van der Waals surface area contributed by atoms with Gasteiger partial charge in [0, 0.05) is 0 Å². The van der Waals surface area contributed by atoms with Crippen molar-refractivity contribution in [1.29, 1.82) is 0 Å². The summed E-state index contributed by atoms with van der Waals surface area (Å²) in [5.41, 5.74) is 0. The summed E-state index contributed by atoms with van der Waals surface area (Å²) >= 11 is 4.86. The van der Waals surface area contributed by atoms with Crippen LogP contribution in [0.15, 0.2) is 17.5 Å². The summed E-state index contributed by atoms with van der Waals surface area (Å²) in [6.45, 7) is 1.76. The monoisotopic (exact) mass is 147 g/mol. The van der Waals surface area contributed by atoms with E-state index < -0.39 is 5.24 Å². The van der Waals surface area contributed by atoms with E-state index in [2.05, 4.69) is 9.99 Å². The lowest BCUT2D eigenvalue weighted by atomic mass is 10.7. The molecule has 0 aliphatic heterocycles. The number of allylic oxidation sites excluding steroid dienone is 1. The van der Waals surface area contributed by atoms with E-state index in [1.54, 1.807) is 13.0 Å². The van der Waals surface area contributed by atoms with Crippen LogP contribution in [0.5, 0.6) is 0 Å². The molecule has 50 valence electrons. The lowest BCUT2D eigenvalue weighted by Crippen LogP contribution is -1.84. The minimum absolute atomic E-state index is 0.653. The van der Waals surface area contributed by atoms with Crippen molar-refractivity contribution >= 4 is 23.1 Å². The molecule has 0 spiro atoms.